The Morgan fingerprint density at radius 3 is 2.40 bits per heavy atom. The van der Waals surface area contributed by atoms with Gasteiger partial charge in [0.05, 0.1) is 10.7 Å². The molecule has 0 aliphatic carbocycles. The highest BCUT2D eigenvalue weighted by molar-refractivity contribution is 6.33. The highest BCUT2D eigenvalue weighted by Crippen LogP contribution is 2.29. The normalized spacial score (nSPS) is 17.5. The molecule has 3 heteroatoms. The third-order valence-electron chi connectivity index (χ3n) is 2.92. The lowest BCUT2D eigenvalue weighted by Gasteiger charge is -2.24. The van der Waals surface area contributed by atoms with Crippen molar-refractivity contribution in [3.63, 3.8) is 0 Å². The van der Waals surface area contributed by atoms with E-state index < -0.39 is 0 Å². The van der Waals surface area contributed by atoms with Gasteiger partial charge in [0.15, 0.2) is 0 Å². The van der Waals surface area contributed by atoms with Crippen molar-refractivity contribution in [2.45, 2.75) is 25.7 Å². The zero-order valence-corrected chi connectivity index (χ0v) is 9.63. The van der Waals surface area contributed by atoms with E-state index in [1.54, 1.807) is 0 Å². The van der Waals surface area contributed by atoms with Crippen LogP contribution in [0.3, 0.4) is 0 Å². The molecule has 0 unspecified atom stereocenters. The lowest BCUT2D eigenvalue weighted by atomic mass is 10.2. The van der Waals surface area contributed by atoms with Crippen molar-refractivity contribution in [1.82, 2.24) is 0 Å². The standard InChI is InChI=1S/C12H17ClN2/c13-11-6-5-10(14)9-12(11)15-7-3-1-2-4-8-15/h5-6,9H,1-4,7-8,14H2. The third-order valence-corrected chi connectivity index (χ3v) is 3.24. The van der Waals surface area contributed by atoms with Crippen molar-refractivity contribution in [3.05, 3.63) is 23.2 Å². The first-order valence-electron chi connectivity index (χ1n) is 5.57. The molecule has 1 saturated heterocycles. The Kier molecular flexibility index (Phi) is 3.37. The average molecular weight is 225 g/mol. The number of nitrogens with two attached hydrogens (primary N) is 1. The van der Waals surface area contributed by atoms with Crippen LogP contribution in [0.2, 0.25) is 5.02 Å². The number of anilines is 2. The summed E-state index contributed by atoms with van der Waals surface area (Å²) < 4.78 is 0. The monoisotopic (exact) mass is 224 g/mol. The second-order valence-electron chi connectivity index (χ2n) is 4.11. The smallest absolute Gasteiger partial charge is 0.0641 e. The summed E-state index contributed by atoms with van der Waals surface area (Å²) in [5, 5.41) is 0.811. The fraction of sp³-hybridized carbons (Fsp3) is 0.500. The van der Waals surface area contributed by atoms with E-state index in [9.17, 15) is 0 Å². The van der Waals surface area contributed by atoms with Gasteiger partial charge in [-0.25, -0.2) is 0 Å². The van der Waals surface area contributed by atoms with Gasteiger partial charge >= 0.3 is 0 Å². The Bertz CT molecular complexity index is 330. The summed E-state index contributed by atoms with van der Waals surface area (Å²) in [5.74, 6) is 0. The van der Waals surface area contributed by atoms with Crippen LogP contribution in [-0.2, 0) is 0 Å². The van der Waals surface area contributed by atoms with Crippen molar-refractivity contribution in [1.29, 1.82) is 0 Å². The van der Waals surface area contributed by atoms with E-state index >= 15 is 0 Å². The number of hydrogen-bond acceptors (Lipinski definition) is 2. The SMILES string of the molecule is Nc1ccc(Cl)c(N2CCCCCC2)c1. The molecule has 0 radical (unpaired) electrons. The molecule has 1 aliphatic heterocycles. The van der Waals surface area contributed by atoms with Crippen LogP contribution in [0.25, 0.3) is 0 Å². The molecule has 0 aromatic heterocycles. The summed E-state index contributed by atoms with van der Waals surface area (Å²) in [7, 11) is 0. The quantitative estimate of drug-likeness (QED) is 0.742. The highest BCUT2D eigenvalue weighted by atomic mass is 35.5. The maximum atomic E-state index is 6.19. The van der Waals surface area contributed by atoms with Crippen LogP contribution >= 0.6 is 11.6 Å². The number of nitrogens with zero attached hydrogens (tertiary/aromatic N) is 1. The first kappa shape index (κ1) is 10.6. The molecule has 1 fully saturated rings. The Balaban J connectivity index is 2.22. The van der Waals surface area contributed by atoms with Crippen molar-refractivity contribution < 1.29 is 0 Å². The van der Waals surface area contributed by atoms with E-state index in [0.29, 0.717) is 0 Å². The topological polar surface area (TPSA) is 29.3 Å². The molecule has 1 aromatic carbocycles. The van der Waals surface area contributed by atoms with Crippen LogP contribution in [0.15, 0.2) is 18.2 Å². The Morgan fingerprint density at radius 2 is 1.73 bits per heavy atom. The number of halogens is 1. The van der Waals surface area contributed by atoms with Crippen LogP contribution in [0.1, 0.15) is 25.7 Å². The summed E-state index contributed by atoms with van der Waals surface area (Å²) in [6.45, 7) is 2.20. The maximum Gasteiger partial charge on any atom is 0.0641 e. The van der Waals surface area contributed by atoms with E-state index in [1.165, 1.54) is 25.7 Å². The van der Waals surface area contributed by atoms with Gasteiger partial charge in [0.25, 0.3) is 0 Å². The molecule has 1 aromatic rings. The number of rotatable bonds is 1. The van der Waals surface area contributed by atoms with Gasteiger partial charge in [0.1, 0.15) is 0 Å². The molecule has 1 aliphatic rings. The molecule has 0 amide bonds. The zero-order valence-electron chi connectivity index (χ0n) is 8.88. The van der Waals surface area contributed by atoms with E-state index in [-0.39, 0.29) is 0 Å². The predicted molar refractivity (Wildman–Crippen MR) is 66.5 cm³/mol. The summed E-state index contributed by atoms with van der Waals surface area (Å²) in [4.78, 5) is 2.35. The minimum atomic E-state index is 0.790. The fourth-order valence-corrected chi connectivity index (χ4v) is 2.32. The first-order chi connectivity index (χ1) is 7.27. The Labute approximate surface area is 96.0 Å². The molecule has 15 heavy (non-hydrogen) atoms. The van der Waals surface area contributed by atoms with Crippen LogP contribution < -0.4 is 10.6 Å². The highest BCUT2D eigenvalue weighted by Gasteiger charge is 2.12. The van der Waals surface area contributed by atoms with Crippen LogP contribution in [0.4, 0.5) is 11.4 Å². The molecule has 0 atom stereocenters. The molecule has 2 nitrogen and oxygen atoms in total. The van der Waals surface area contributed by atoms with Gasteiger partial charge in [-0.2, -0.15) is 0 Å². The van der Waals surface area contributed by atoms with Gasteiger partial charge in [0, 0.05) is 18.8 Å². The second-order valence-corrected chi connectivity index (χ2v) is 4.52. The van der Waals surface area contributed by atoms with Crippen LogP contribution in [-0.4, -0.2) is 13.1 Å². The van der Waals surface area contributed by atoms with E-state index in [4.69, 9.17) is 17.3 Å². The molecule has 82 valence electrons. The molecular weight excluding hydrogens is 208 g/mol. The van der Waals surface area contributed by atoms with Crippen molar-refractivity contribution >= 4 is 23.0 Å². The van der Waals surface area contributed by atoms with Gasteiger partial charge in [-0.3, -0.25) is 0 Å². The lowest BCUT2D eigenvalue weighted by Crippen LogP contribution is -2.24. The van der Waals surface area contributed by atoms with Gasteiger partial charge in [0.2, 0.25) is 0 Å². The van der Waals surface area contributed by atoms with E-state index in [1.807, 2.05) is 18.2 Å². The Hall–Kier alpha value is -0.890. The average Bonchev–Trinajstić information content (AvgIpc) is 2.50. The summed E-state index contributed by atoms with van der Waals surface area (Å²) in [5.41, 5.74) is 7.67. The predicted octanol–water partition coefficient (Wildman–Crippen LogP) is 3.30. The van der Waals surface area contributed by atoms with Gasteiger partial charge in [-0.1, -0.05) is 24.4 Å². The van der Waals surface area contributed by atoms with Gasteiger partial charge < -0.3 is 10.6 Å². The fourth-order valence-electron chi connectivity index (χ4n) is 2.08. The summed E-state index contributed by atoms with van der Waals surface area (Å²) in [6, 6.07) is 5.72. The molecule has 2 N–H and O–H groups in total. The van der Waals surface area contributed by atoms with Crippen molar-refractivity contribution in [3.8, 4) is 0 Å². The zero-order chi connectivity index (χ0) is 10.7. The van der Waals surface area contributed by atoms with Crippen molar-refractivity contribution in [2.75, 3.05) is 23.7 Å². The largest absolute Gasteiger partial charge is 0.399 e. The van der Waals surface area contributed by atoms with Gasteiger partial charge in [-0.15, -0.1) is 0 Å². The third kappa shape index (κ3) is 2.57. The molecular formula is C12H17ClN2. The minimum Gasteiger partial charge on any atom is -0.399 e. The van der Waals surface area contributed by atoms with Crippen molar-refractivity contribution in [2.24, 2.45) is 0 Å². The first-order valence-corrected chi connectivity index (χ1v) is 5.95. The molecule has 0 bridgehead atoms. The number of hydrogen-bond donors (Lipinski definition) is 1. The summed E-state index contributed by atoms with van der Waals surface area (Å²) in [6.07, 6.45) is 5.17. The second kappa shape index (κ2) is 4.75. The van der Waals surface area contributed by atoms with Crippen LogP contribution in [0.5, 0.6) is 0 Å². The summed E-state index contributed by atoms with van der Waals surface area (Å²) >= 11 is 6.19. The lowest BCUT2D eigenvalue weighted by molar-refractivity contribution is 0.726. The van der Waals surface area contributed by atoms with Gasteiger partial charge in [-0.05, 0) is 31.0 Å². The van der Waals surface area contributed by atoms with E-state index in [0.717, 1.165) is 29.5 Å². The minimum absolute atomic E-state index is 0.790. The van der Waals surface area contributed by atoms with E-state index in [2.05, 4.69) is 4.90 Å². The molecule has 0 spiro atoms. The molecule has 2 rings (SSSR count). The number of benzene rings is 1. The maximum absolute atomic E-state index is 6.19. The number of nitrogen functional groups attached to an aromatic ring is 1. The van der Waals surface area contributed by atoms with Crippen LogP contribution in [0, 0.1) is 0 Å². The molecule has 0 saturated carbocycles. The Morgan fingerprint density at radius 1 is 1.07 bits per heavy atom. The molecule has 1 heterocycles.